The Bertz CT molecular complexity index is 2060. The summed E-state index contributed by atoms with van der Waals surface area (Å²) in [6.45, 7) is 0. The molecule has 0 radical (unpaired) electrons. The average molecular weight is 538 g/mol. The van der Waals surface area contributed by atoms with Crippen LogP contribution in [0.5, 0.6) is 11.5 Å². The summed E-state index contributed by atoms with van der Waals surface area (Å²) in [5.41, 5.74) is 10.3. The van der Waals surface area contributed by atoms with E-state index < -0.39 is 0 Å². The van der Waals surface area contributed by atoms with E-state index in [1.54, 1.807) is 0 Å². The van der Waals surface area contributed by atoms with Gasteiger partial charge in [0.2, 0.25) is 0 Å². The van der Waals surface area contributed by atoms with Crippen molar-refractivity contribution in [3.8, 4) is 44.9 Å². The second-order valence-electron chi connectivity index (χ2n) is 10.5. The van der Waals surface area contributed by atoms with Gasteiger partial charge in [-0.05, 0) is 64.5 Å². The number of fused-ring (bicyclic) bond motifs is 2. The van der Waals surface area contributed by atoms with Gasteiger partial charge in [0, 0.05) is 27.8 Å². The molecule has 0 saturated carbocycles. The zero-order valence-corrected chi connectivity index (χ0v) is 22.9. The summed E-state index contributed by atoms with van der Waals surface area (Å²) in [6, 6.07) is 57.9. The number of hydrogen-bond acceptors (Lipinski definition) is 2. The quantitative estimate of drug-likeness (QED) is 0.216. The van der Waals surface area contributed by atoms with E-state index in [-0.39, 0.29) is 0 Å². The van der Waals surface area contributed by atoms with Crippen LogP contribution >= 0.6 is 0 Å². The summed E-state index contributed by atoms with van der Waals surface area (Å²) in [6.07, 6.45) is 0. The number of rotatable bonds is 5. The molecule has 1 heterocycles. The topological polar surface area (TPSA) is 12.5 Å². The predicted molar refractivity (Wildman–Crippen MR) is 175 cm³/mol. The smallest absolute Gasteiger partial charge is 0.135 e. The third-order valence-electron chi connectivity index (χ3n) is 8.06. The van der Waals surface area contributed by atoms with Gasteiger partial charge in [0.05, 0.1) is 11.4 Å². The van der Waals surface area contributed by atoms with Gasteiger partial charge in [0.15, 0.2) is 0 Å². The second kappa shape index (κ2) is 10.1. The number of anilines is 3. The summed E-state index contributed by atoms with van der Waals surface area (Å²) in [4.78, 5) is 2.38. The van der Waals surface area contributed by atoms with Crippen LogP contribution in [-0.4, -0.2) is 0 Å². The van der Waals surface area contributed by atoms with Crippen LogP contribution in [0.4, 0.5) is 17.1 Å². The SMILES string of the molecule is c1ccc(-c2ccccc2N(c2ccccc2)c2ccccc2-c2ccc3c(c2)-c2cccc4cccc(c24)O3)cc1. The predicted octanol–water partition coefficient (Wildman–Crippen LogP) is 11.4. The van der Waals surface area contributed by atoms with E-state index >= 15 is 0 Å². The molecule has 1 aliphatic heterocycles. The molecular weight excluding hydrogens is 510 g/mol. The van der Waals surface area contributed by atoms with E-state index in [0.29, 0.717) is 0 Å². The zero-order chi connectivity index (χ0) is 27.9. The molecule has 8 rings (SSSR count). The van der Waals surface area contributed by atoms with E-state index in [9.17, 15) is 0 Å². The van der Waals surface area contributed by atoms with Crippen molar-refractivity contribution < 1.29 is 4.74 Å². The van der Waals surface area contributed by atoms with Gasteiger partial charge in [-0.25, -0.2) is 0 Å². The summed E-state index contributed by atoms with van der Waals surface area (Å²) in [5.74, 6) is 1.80. The Morgan fingerprint density at radius 3 is 1.71 bits per heavy atom. The molecule has 0 saturated heterocycles. The highest BCUT2D eigenvalue weighted by Crippen LogP contribution is 2.49. The van der Waals surface area contributed by atoms with Crippen LogP contribution in [-0.2, 0) is 0 Å². The van der Waals surface area contributed by atoms with Crippen molar-refractivity contribution in [1.82, 2.24) is 0 Å². The first-order chi connectivity index (χ1) is 20.8. The van der Waals surface area contributed by atoms with E-state index in [4.69, 9.17) is 4.74 Å². The molecule has 0 amide bonds. The molecule has 2 heteroatoms. The minimum absolute atomic E-state index is 0.886. The van der Waals surface area contributed by atoms with Crippen molar-refractivity contribution in [1.29, 1.82) is 0 Å². The lowest BCUT2D eigenvalue weighted by Gasteiger charge is -2.30. The van der Waals surface area contributed by atoms with E-state index in [1.807, 2.05) is 0 Å². The third-order valence-corrected chi connectivity index (χ3v) is 8.06. The van der Waals surface area contributed by atoms with Crippen LogP contribution in [0.1, 0.15) is 0 Å². The zero-order valence-electron chi connectivity index (χ0n) is 22.9. The first-order valence-electron chi connectivity index (χ1n) is 14.3. The van der Waals surface area contributed by atoms with Gasteiger partial charge in [0.25, 0.3) is 0 Å². The molecule has 0 fully saturated rings. The molecule has 198 valence electrons. The molecule has 7 aromatic rings. The molecule has 0 N–H and O–H groups in total. The summed E-state index contributed by atoms with van der Waals surface area (Å²) >= 11 is 0. The Labute approximate surface area is 245 Å². The van der Waals surface area contributed by atoms with Crippen molar-refractivity contribution in [3.63, 3.8) is 0 Å². The highest BCUT2D eigenvalue weighted by Gasteiger charge is 2.23. The fourth-order valence-corrected chi connectivity index (χ4v) is 6.16. The number of para-hydroxylation sites is 3. The van der Waals surface area contributed by atoms with E-state index in [0.717, 1.165) is 45.3 Å². The molecule has 1 aliphatic rings. The molecule has 0 unspecified atom stereocenters. The Hall–Kier alpha value is -5.60. The first-order valence-corrected chi connectivity index (χ1v) is 14.3. The number of ether oxygens (including phenoxy) is 1. The summed E-state index contributed by atoms with van der Waals surface area (Å²) < 4.78 is 6.41. The lowest BCUT2D eigenvalue weighted by molar-refractivity contribution is 0.487. The van der Waals surface area contributed by atoms with Crippen LogP contribution in [0.15, 0.2) is 164 Å². The van der Waals surface area contributed by atoms with Crippen LogP contribution in [0.2, 0.25) is 0 Å². The molecule has 2 nitrogen and oxygen atoms in total. The third kappa shape index (κ3) is 4.05. The van der Waals surface area contributed by atoms with Crippen molar-refractivity contribution in [2.45, 2.75) is 0 Å². The van der Waals surface area contributed by atoms with Crippen molar-refractivity contribution in [3.05, 3.63) is 164 Å². The monoisotopic (exact) mass is 537 g/mol. The molecule has 0 aliphatic carbocycles. The summed E-state index contributed by atoms with van der Waals surface area (Å²) in [5, 5.41) is 2.36. The van der Waals surface area contributed by atoms with Crippen LogP contribution in [0.25, 0.3) is 44.2 Å². The Balaban J connectivity index is 1.34. The molecule has 7 aromatic carbocycles. The van der Waals surface area contributed by atoms with Gasteiger partial charge in [0.1, 0.15) is 11.5 Å². The molecule has 0 spiro atoms. The molecule has 0 bridgehead atoms. The van der Waals surface area contributed by atoms with Crippen LogP contribution in [0, 0.1) is 0 Å². The highest BCUT2D eigenvalue weighted by atomic mass is 16.5. The molecule has 42 heavy (non-hydrogen) atoms. The van der Waals surface area contributed by atoms with E-state index in [1.165, 1.54) is 27.5 Å². The maximum atomic E-state index is 6.41. The van der Waals surface area contributed by atoms with Gasteiger partial charge < -0.3 is 9.64 Å². The lowest BCUT2D eigenvalue weighted by Crippen LogP contribution is -2.12. The highest BCUT2D eigenvalue weighted by molar-refractivity contribution is 6.05. The number of nitrogens with zero attached hydrogens (tertiary/aromatic N) is 1. The Morgan fingerprint density at radius 1 is 0.381 bits per heavy atom. The minimum Gasteiger partial charge on any atom is -0.456 e. The van der Waals surface area contributed by atoms with Gasteiger partial charge in [-0.3, -0.25) is 0 Å². The lowest BCUT2D eigenvalue weighted by atomic mass is 9.91. The maximum Gasteiger partial charge on any atom is 0.135 e. The van der Waals surface area contributed by atoms with Gasteiger partial charge >= 0.3 is 0 Å². The maximum absolute atomic E-state index is 6.41. The summed E-state index contributed by atoms with van der Waals surface area (Å²) in [7, 11) is 0. The van der Waals surface area contributed by atoms with Crippen molar-refractivity contribution in [2.75, 3.05) is 4.90 Å². The van der Waals surface area contributed by atoms with Gasteiger partial charge in [-0.2, -0.15) is 0 Å². The van der Waals surface area contributed by atoms with Crippen LogP contribution < -0.4 is 9.64 Å². The molecule has 0 aromatic heterocycles. The fourth-order valence-electron chi connectivity index (χ4n) is 6.16. The number of hydrogen-bond donors (Lipinski definition) is 0. The van der Waals surface area contributed by atoms with Crippen molar-refractivity contribution in [2.24, 2.45) is 0 Å². The first kappa shape index (κ1) is 24.2. The number of benzene rings is 7. The Kier molecular flexibility index (Phi) is 5.82. The van der Waals surface area contributed by atoms with E-state index in [2.05, 4.69) is 169 Å². The normalized spacial score (nSPS) is 11.5. The van der Waals surface area contributed by atoms with Crippen molar-refractivity contribution >= 4 is 27.8 Å². The largest absolute Gasteiger partial charge is 0.456 e. The second-order valence-corrected chi connectivity index (χ2v) is 10.5. The minimum atomic E-state index is 0.886. The van der Waals surface area contributed by atoms with Crippen LogP contribution in [0.3, 0.4) is 0 Å². The standard InChI is InChI=1S/C40H27NO/c1-3-13-28(14-4-1)32-19-7-9-22-36(32)41(31-17-5-2-6-18-31)37-23-10-8-20-33(37)30-25-26-38-35(27-30)34-21-11-15-29-16-12-24-39(42-38)40(29)34/h1-27H. The molecular formula is C40H27NO. The average Bonchev–Trinajstić information content (AvgIpc) is 3.06. The van der Waals surface area contributed by atoms with Gasteiger partial charge in [-0.1, -0.05) is 121 Å². The molecule has 0 atom stereocenters. The van der Waals surface area contributed by atoms with Gasteiger partial charge in [-0.15, -0.1) is 0 Å². The Morgan fingerprint density at radius 2 is 0.976 bits per heavy atom. The fraction of sp³-hybridized carbons (Fsp3) is 0.